The van der Waals surface area contributed by atoms with Gasteiger partial charge in [0.2, 0.25) is 0 Å². The van der Waals surface area contributed by atoms with E-state index in [1.807, 2.05) is 0 Å². The summed E-state index contributed by atoms with van der Waals surface area (Å²) in [6.07, 6.45) is 2.51. The number of benzene rings is 2. The fourth-order valence-electron chi connectivity index (χ4n) is 2.35. The lowest BCUT2D eigenvalue weighted by molar-refractivity contribution is -0.135. The van der Waals surface area contributed by atoms with Crippen LogP contribution in [0.2, 0.25) is 0 Å². The van der Waals surface area contributed by atoms with E-state index < -0.39 is 23.5 Å². The quantitative estimate of drug-likeness (QED) is 0.329. The minimum Gasteiger partial charge on any atom is -0.489 e. The number of carbonyl (C=O) groups is 2. The van der Waals surface area contributed by atoms with Crippen molar-refractivity contribution in [1.82, 2.24) is 5.32 Å². The molecule has 2 aromatic rings. The normalized spacial score (nSPS) is 16.3. The van der Waals surface area contributed by atoms with Crippen molar-refractivity contribution in [2.24, 2.45) is 10.2 Å². The highest BCUT2D eigenvalue weighted by atomic mass is 32.2. The summed E-state index contributed by atoms with van der Waals surface area (Å²) in [5.74, 6) is -2.52. The van der Waals surface area contributed by atoms with Gasteiger partial charge in [0, 0.05) is 29.8 Å². The zero-order valence-corrected chi connectivity index (χ0v) is 16.4. The summed E-state index contributed by atoms with van der Waals surface area (Å²) < 4.78 is 36.5. The van der Waals surface area contributed by atoms with Crippen LogP contribution in [0, 0.1) is 11.6 Å². The van der Waals surface area contributed by atoms with Crippen LogP contribution < -0.4 is 10.1 Å². The van der Waals surface area contributed by atoms with Crippen LogP contribution in [-0.2, 0) is 20.9 Å². The molecule has 0 atom stereocenters. The average Bonchev–Trinajstić information content (AvgIpc) is 3.05. The van der Waals surface area contributed by atoms with E-state index in [4.69, 9.17) is 4.74 Å². The summed E-state index contributed by atoms with van der Waals surface area (Å²) in [4.78, 5) is 23.2. The number of hydrogen-bond acceptors (Lipinski definition) is 7. The summed E-state index contributed by atoms with van der Waals surface area (Å²) in [6, 6.07) is 10.0. The molecular weight excluding hydrogens is 416 g/mol. The molecule has 0 unspecified atom stereocenters. The van der Waals surface area contributed by atoms with Gasteiger partial charge in [0.25, 0.3) is 5.91 Å². The van der Waals surface area contributed by atoms with Crippen molar-refractivity contribution < 1.29 is 27.8 Å². The largest absolute Gasteiger partial charge is 0.489 e. The van der Waals surface area contributed by atoms with Crippen molar-refractivity contribution in [3.05, 3.63) is 76.2 Å². The molecule has 154 valence electrons. The zero-order chi connectivity index (χ0) is 21.5. The molecule has 0 radical (unpaired) electrons. The minimum absolute atomic E-state index is 0.0547. The molecule has 2 aromatic carbocycles. The van der Waals surface area contributed by atoms with Gasteiger partial charge in [0.05, 0.1) is 18.2 Å². The summed E-state index contributed by atoms with van der Waals surface area (Å²) in [5.41, 5.74) is 1.37. The van der Waals surface area contributed by atoms with Gasteiger partial charge in [-0.05, 0) is 17.3 Å². The number of rotatable bonds is 6. The molecule has 7 nitrogen and oxygen atoms in total. The molecule has 0 bridgehead atoms. The van der Waals surface area contributed by atoms with Crippen LogP contribution in [0.25, 0.3) is 0 Å². The first-order chi connectivity index (χ1) is 14.4. The number of amidine groups is 1. The van der Waals surface area contributed by atoms with Crippen LogP contribution >= 0.6 is 11.8 Å². The van der Waals surface area contributed by atoms with Gasteiger partial charge in [-0.1, -0.05) is 24.3 Å². The monoisotopic (exact) mass is 431 g/mol. The van der Waals surface area contributed by atoms with E-state index in [0.717, 1.165) is 36.0 Å². The molecule has 0 aromatic heterocycles. The number of esters is 1. The standard InChI is InChI=1S/C20H15F2N3O4S/c1-28-18(26)9-17-19(27)24-20(30-17)25-23-10-12-4-2-3-5-13(12)11-29-16-7-14(21)6-15(22)8-16/h2-10H,11H2,1H3,(H,24,25,27)/b17-9+,23-10?. The lowest BCUT2D eigenvalue weighted by Crippen LogP contribution is -2.19. The highest BCUT2D eigenvalue weighted by molar-refractivity contribution is 8.18. The number of thioether (sulfide) groups is 1. The maximum absolute atomic E-state index is 13.3. The van der Waals surface area contributed by atoms with E-state index in [-0.39, 0.29) is 22.4 Å². The molecule has 10 heteroatoms. The van der Waals surface area contributed by atoms with Gasteiger partial charge < -0.3 is 9.47 Å². The van der Waals surface area contributed by atoms with E-state index in [9.17, 15) is 18.4 Å². The van der Waals surface area contributed by atoms with E-state index in [1.165, 1.54) is 13.3 Å². The van der Waals surface area contributed by atoms with Crippen molar-refractivity contribution in [2.75, 3.05) is 7.11 Å². The lowest BCUT2D eigenvalue weighted by atomic mass is 10.1. The number of nitrogens with zero attached hydrogens (tertiary/aromatic N) is 2. The van der Waals surface area contributed by atoms with Crippen molar-refractivity contribution in [1.29, 1.82) is 0 Å². The second kappa shape index (κ2) is 9.79. The summed E-state index contributed by atoms with van der Waals surface area (Å²) in [7, 11) is 1.21. The van der Waals surface area contributed by atoms with Crippen molar-refractivity contribution in [2.45, 2.75) is 6.61 Å². The van der Waals surface area contributed by atoms with Crippen LogP contribution in [-0.4, -0.2) is 30.4 Å². The fourth-order valence-corrected chi connectivity index (χ4v) is 3.09. The van der Waals surface area contributed by atoms with Gasteiger partial charge in [0.1, 0.15) is 24.0 Å². The highest BCUT2D eigenvalue weighted by Crippen LogP contribution is 2.23. The Balaban J connectivity index is 1.68. The maximum atomic E-state index is 13.3. The average molecular weight is 431 g/mol. The number of amides is 1. The van der Waals surface area contributed by atoms with Gasteiger partial charge in [-0.2, -0.15) is 5.10 Å². The van der Waals surface area contributed by atoms with Crippen LogP contribution in [0.1, 0.15) is 11.1 Å². The molecule has 1 heterocycles. The Bertz CT molecular complexity index is 1050. The Morgan fingerprint density at radius 2 is 1.93 bits per heavy atom. The van der Waals surface area contributed by atoms with Crippen LogP contribution in [0.5, 0.6) is 5.75 Å². The number of halogens is 2. The van der Waals surface area contributed by atoms with E-state index >= 15 is 0 Å². The van der Waals surface area contributed by atoms with E-state index in [2.05, 4.69) is 20.3 Å². The molecule has 1 N–H and O–H groups in total. The number of carbonyl (C=O) groups excluding carboxylic acids is 2. The first-order valence-electron chi connectivity index (χ1n) is 8.51. The Labute approximate surface area is 174 Å². The van der Waals surface area contributed by atoms with E-state index in [1.54, 1.807) is 24.3 Å². The van der Waals surface area contributed by atoms with Gasteiger partial charge in [0.15, 0.2) is 5.17 Å². The second-order valence-electron chi connectivity index (χ2n) is 5.83. The molecule has 3 rings (SSSR count). The summed E-state index contributed by atoms with van der Waals surface area (Å²) in [6.45, 7) is 0.0547. The molecule has 1 fully saturated rings. The minimum atomic E-state index is -0.729. The van der Waals surface area contributed by atoms with Crippen LogP contribution in [0.4, 0.5) is 8.78 Å². The van der Waals surface area contributed by atoms with Gasteiger partial charge in [-0.25, -0.2) is 13.6 Å². The Morgan fingerprint density at radius 3 is 2.67 bits per heavy atom. The Hall–Kier alpha value is -3.53. The van der Waals surface area contributed by atoms with Gasteiger partial charge in [-0.3, -0.25) is 10.1 Å². The van der Waals surface area contributed by atoms with Crippen molar-refractivity contribution >= 4 is 35.0 Å². The molecule has 1 aliphatic heterocycles. The van der Waals surface area contributed by atoms with Crippen molar-refractivity contribution in [3.63, 3.8) is 0 Å². The third-order valence-corrected chi connectivity index (χ3v) is 4.63. The van der Waals surface area contributed by atoms with Gasteiger partial charge >= 0.3 is 5.97 Å². The molecular formula is C20H15F2N3O4S. The topological polar surface area (TPSA) is 89.3 Å². The number of ether oxygens (including phenoxy) is 2. The number of nitrogens with one attached hydrogen (secondary N) is 1. The van der Waals surface area contributed by atoms with Gasteiger partial charge in [-0.15, -0.1) is 5.10 Å². The third-order valence-electron chi connectivity index (χ3n) is 3.73. The molecule has 30 heavy (non-hydrogen) atoms. The predicted octanol–water partition coefficient (Wildman–Crippen LogP) is 3.15. The van der Waals surface area contributed by atoms with Crippen LogP contribution in [0.15, 0.2) is 63.6 Å². The van der Waals surface area contributed by atoms with E-state index in [0.29, 0.717) is 11.1 Å². The molecule has 0 saturated carbocycles. The number of hydrogen-bond donors (Lipinski definition) is 1. The lowest BCUT2D eigenvalue weighted by Gasteiger charge is -2.08. The van der Waals surface area contributed by atoms with Crippen molar-refractivity contribution in [3.8, 4) is 5.75 Å². The molecule has 1 aliphatic rings. The first kappa shape index (κ1) is 21.2. The SMILES string of the molecule is COC(=O)/C=C1/S/C(=N\N=Cc2ccccc2COc2cc(F)cc(F)c2)NC1=O. The molecule has 0 aliphatic carbocycles. The maximum Gasteiger partial charge on any atom is 0.331 e. The first-order valence-corrected chi connectivity index (χ1v) is 9.33. The summed E-state index contributed by atoms with van der Waals surface area (Å²) in [5, 5.41) is 10.5. The highest BCUT2D eigenvalue weighted by Gasteiger charge is 2.25. The van der Waals surface area contributed by atoms with Crippen LogP contribution in [0.3, 0.4) is 0 Å². The Kier molecular flexibility index (Phi) is 6.91. The molecule has 1 saturated heterocycles. The Morgan fingerprint density at radius 1 is 1.20 bits per heavy atom. The fraction of sp³-hybridized carbons (Fsp3) is 0.100. The summed E-state index contributed by atoms with van der Waals surface area (Å²) >= 11 is 0.952. The molecule has 0 spiro atoms. The third kappa shape index (κ3) is 5.74. The molecule has 1 amide bonds. The second-order valence-corrected chi connectivity index (χ2v) is 6.86. The smallest absolute Gasteiger partial charge is 0.331 e. The number of methoxy groups -OCH3 is 1. The zero-order valence-electron chi connectivity index (χ0n) is 15.6. The predicted molar refractivity (Wildman–Crippen MR) is 108 cm³/mol.